The second kappa shape index (κ2) is 9.16. The maximum atomic E-state index is 16.3. The molecule has 2 atom stereocenters. The number of halogens is 3. The summed E-state index contributed by atoms with van der Waals surface area (Å²) in [6.45, 7) is 8.43. The molecule has 4 aromatic rings. The van der Waals surface area contributed by atoms with Gasteiger partial charge in [0.05, 0.1) is 28.6 Å². The molecule has 2 aromatic carbocycles. The van der Waals surface area contributed by atoms with E-state index in [0.29, 0.717) is 40.6 Å². The molecule has 0 N–H and O–H groups in total. The fourth-order valence-corrected chi connectivity index (χ4v) is 5.73. The van der Waals surface area contributed by atoms with E-state index in [4.69, 9.17) is 16.3 Å². The Morgan fingerprint density at radius 1 is 1.21 bits per heavy atom. The van der Waals surface area contributed by atoms with Crippen LogP contribution in [0.2, 0.25) is 5.02 Å². The lowest BCUT2D eigenvalue weighted by atomic mass is 9.96. The van der Waals surface area contributed by atoms with Crippen LogP contribution in [0.1, 0.15) is 20.3 Å². The lowest BCUT2D eigenvalue weighted by Gasteiger charge is -2.47. The zero-order valence-corrected chi connectivity index (χ0v) is 21.5. The molecule has 0 unspecified atom stereocenters. The first kappa shape index (κ1) is 24.5. The molecule has 0 bridgehead atoms. The van der Waals surface area contributed by atoms with Gasteiger partial charge in [-0.05, 0) is 37.8 Å². The third kappa shape index (κ3) is 3.75. The number of rotatable bonds is 5. The summed E-state index contributed by atoms with van der Waals surface area (Å²) in [7, 11) is 0. The molecule has 6 rings (SSSR count). The van der Waals surface area contributed by atoms with Gasteiger partial charge < -0.3 is 14.5 Å². The summed E-state index contributed by atoms with van der Waals surface area (Å²) >= 11 is 6.31. The summed E-state index contributed by atoms with van der Waals surface area (Å²) in [5.74, 6) is -0.881. The van der Waals surface area contributed by atoms with Crippen LogP contribution in [0.5, 0.6) is 6.01 Å². The Kier molecular flexibility index (Phi) is 5.90. The van der Waals surface area contributed by atoms with Gasteiger partial charge in [0.1, 0.15) is 22.8 Å². The van der Waals surface area contributed by atoms with Gasteiger partial charge in [0.25, 0.3) is 0 Å². The predicted octanol–water partition coefficient (Wildman–Crippen LogP) is 5.54. The second-order valence-corrected chi connectivity index (χ2v) is 10.1. The molecule has 2 aliphatic rings. The quantitative estimate of drug-likeness (QED) is 0.313. The van der Waals surface area contributed by atoms with E-state index in [9.17, 15) is 9.18 Å². The minimum atomic E-state index is -0.681. The Balaban J connectivity index is 1.50. The van der Waals surface area contributed by atoms with Crippen LogP contribution in [0.4, 0.5) is 14.6 Å². The highest BCUT2D eigenvalue weighted by Gasteiger charge is 2.49. The number of carbonyl (C=O) groups is 1. The summed E-state index contributed by atoms with van der Waals surface area (Å²) < 4.78 is 36.4. The van der Waals surface area contributed by atoms with Crippen LogP contribution >= 0.6 is 11.6 Å². The molecule has 0 radical (unpaired) electrons. The molecular weight excluding hydrogens is 512 g/mol. The number of likely N-dealkylation sites (tertiary alicyclic amines) is 1. The average molecular weight is 536 g/mol. The third-order valence-electron chi connectivity index (χ3n) is 7.20. The molecule has 0 spiro atoms. The van der Waals surface area contributed by atoms with Gasteiger partial charge in [-0.25, -0.2) is 8.78 Å². The molecule has 0 aliphatic carbocycles. The Bertz CT molecular complexity index is 1630. The van der Waals surface area contributed by atoms with E-state index in [-0.39, 0.29) is 46.3 Å². The van der Waals surface area contributed by atoms with E-state index in [1.807, 2.05) is 23.6 Å². The maximum absolute atomic E-state index is 16.3. The number of pyridine rings is 1. The molecule has 2 fully saturated rings. The minimum absolute atomic E-state index is 0.000791. The van der Waals surface area contributed by atoms with E-state index in [1.54, 1.807) is 24.3 Å². The lowest BCUT2D eigenvalue weighted by Crippen LogP contribution is -2.63. The van der Waals surface area contributed by atoms with Crippen molar-refractivity contribution in [1.29, 1.82) is 0 Å². The van der Waals surface area contributed by atoms with Gasteiger partial charge in [-0.2, -0.15) is 9.97 Å². The summed E-state index contributed by atoms with van der Waals surface area (Å²) in [5, 5.41) is 1.36. The van der Waals surface area contributed by atoms with Crippen LogP contribution in [0.25, 0.3) is 32.9 Å². The van der Waals surface area contributed by atoms with Crippen molar-refractivity contribution in [2.75, 3.05) is 18.0 Å². The highest BCUT2D eigenvalue weighted by Crippen LogP contribution is 2.41. The van der Waals surface area contributed by atoms with Crippen molar-refractivity contribution in [3.05, 3.63) is 65.8 Å². The lowest BCUT2D eigenvalue weighted by molar-refractivity contribution is -0.127. The number of hydrogen-bond donors (Lipinski definition) is 0. The van der Waals surface area contributed by atoms with Crippen LogP contribution in [-0.2, 0) is 4.79 Å². The molecule has 1 amide bonds. The van der Waals surface area contributed by atoms with Crippen LogP contribution in [-0.4, -0.2) is 57.0 Å². The normalized spacial score (nSPS) is 18.7. The van der Waals surface area contributed by atoms with E-state index >= 15 is 4.39 Å². The fraction of sp³-hybridized carbons (Fsp3) is 0.286. The molecule has 2 saturated heterocycles. The number of amides is 1. The van der Waals surface area contributed by atoms with Crippen molar-refractivity contribution in [2.45, 2.75) is 38.5 Å². The summed E-state index contributed by atoms with van der Waals surface area (Å²) in [5.41, 5.74) is 0.401. The summed E-state index contributed by atoms with van der Waals surface area (Å²) in [6.07, 6.45) is 3.38. The van der Waals surface area contributed by atoms with E-state index in [1.165, 1.54) is 18.3 Å². The van der Waals surface area contributed by atoms with E-state index < -0.39 is 11.6 Å². The molecule has 38 heavy (non-hydrogen) atoms. The molecular formula is C28H24ClF2N5O2. The number of anilines is 1. The van der Waals surface area contributed by atoms with Crippen LogP contribution < -0.4 is 9.64 Å². The highest BCUT2D eigenvalue weighted by atomic mass is 35.5. The highest BCUT2D eigenvalue weighted by molar-refractivity contribution is 6.36. The number of aromatic nitrogens is 3. The number of fused-ring (bicyclic) bond motifs is 3. The molecule has 2 aliphatic heterocycles. The van der Waals surface area contributed by atoms with Crippen molar-refractivity contribution in [2.24, 2.45) is 0 Å². The van der Waals surface area contributed by atoms with Gasteiger partial charge in [0.15, 0.2) is 5.82 Å². The first-order valence-corrected chi connectivity index (χ1v) is 12.8. The molecule has 2 aromatic heterocycles. The van der Waals surface area contributed by atoms with Crippen molar-refractivity contribution in [3.8, 4) is 17.3 Å². The summed E-state index contributed by atoms with van der Waals surface area (Å²) in [6, 6.07) is 8.16. The first-order valence-electron chi connectivity index (χ1n) is 12.4. The van der Waals surface area contributed by atoms with Gasteiger partial charge in [-0.15, -0.1) is 0 Å². The largest absolute Gasteiger partial charge is 0.461 e. The predicted molar refractivity (Wildman–Crippen MR) is 142 cm³/mol. The van der Waals surface area contributed by atoms with Crippen molar-refractivity contribution >= 4 is 45.0 Å². The molecule has 4 heterocycles. The fourth-order valence-electron chi connectivity index (χ4n) is 5.45. The van der Waals surface area contributed by atoms with Crippen LogP contribution in [0, 0.1) is 11.6 Å². The Morgan fingerprint density at radius 2 is 2.03 bits per heavy atom. The number of carbonyl (C=O) groups excluding carboxylic acids is 1. The first-order chi connectivity index (χ1) is 18.3. The Labute approximate surface area is 222 Å². The van der Waals surface area contributed by atoms with Crippen molar-refractivity contribution in [1.82, 2.24) is 19.9 Å². The van der Waals surface area contributed by atoms with Crippen molar-refractivity contribution in [3.63, 3.8) is 0 Å². The monoisotopic (exact) mass is 535 g/mol. The van der Waals surface area contributed by atoms with Gasteiger partial charge >= 0.3 is 6.01 Å². The molecule has 7 nitrogen and oxygen atoms in total. The number of benzene rings is 2. The van der Waals surface area contributed by atoms with Gasteiger partial charge in [-0.1, -0.05) is 42.4 Å². The van der Waals surface area contributed by atoms with Crippen molar-refractivity contribution < 1.29 is 18.3 Å². The summed E-state index contributed by atoms with van der Waals surface area (Å²) in [4.78, 5) is 29.6. The minimum Gasteiger partial charge on any atom is -0.461 e. The van der Waals surface area contributed by atoms with E-state index in [2.05, 4.69) is 21.5 Å². The standard InChI is InChI=1S/C28H24ClF2N5O2/c1-4-21(37)35-11-10-19-20(35)13-36(19)27-17-12-32-25(24(31)26(17)33-28(34-27)38-14(2)3)16-7-5-6-15-8-9-18(30)23(29)22(15)16/h4-9,12,14,19-20H,1,10-11,13H2,2-3H3/t19-,20-/m1/s1. The number of hydrogen-bond acceptors (Lipinski definition) is 6. The zero-order chi connectivity index (χ0) is 26.7. The third-order valence-corrected chi connectivity index (χ3v) is 7.57. The Hall–Kier alpha value is -3.85. The Morgan fingerprint density at radius 3 is 2.79 bits per heavy atom. The molecule has 0 saturated carbocycles. The second-order valence-electron chi connectivity index (χ2n) is 9.76. The van der Waals surface area contributed by atoms with Gasteiger partial charge in [-0.3, -0.25) is 9.78 Å². The van der Waals surface area contributed by atoms with Crippen LogP contribution in [0.15, 0.2) is 49.2 Å². The maximum Gasteiger partial charge on any atom is 0.319 e. The topological polar surface area (TPSA) is 71.5 Å². The smallest absolute Gasteiger partial charge is 0.319 e. The number of nitrogens with zero attached hydrogens (tertiary/aromatic N) is 5. The molecule has 10 heteroatoms. The van der Waals surface area contributed by atoms with Gasteiger partial charge in [0.2, 0.25) is 5.91 Å². The number of ether oxygens (including phenoxy) is 1. The van der Waals surface area contributed by atoms with Gasteiger partial charge in [0, 0.05) is 30.2 Å². The SMILES string of the molecule is C=CC(=O)N1CC[C@@H]2[C@H]1CN2c1nc(OC(C)C)nc2c(F)c(-c3cccc4ccc(F)c(Cl)c34)ncc12. The van der Waals surface area contributed by atoms with E-state index in [0.717, 1.165) is 6.42 Å². The average Bonchev–Trinajstić information content (AvgIpc) is 3.21. The van der Waals surface area contributed by atoms with Crippen LogP contribution in [0.3, 0.4) is 0 Å². The zero-order valence-electron chi connectivity index (χ0n) is 20.8. The molecule has 194 valence electrons.